The van der Waals surface area contributed by atoms with Crippen LogP contribution in [0, 0.1) is 11.7 Å². The van der Waals surface area contributed by atoms with E-state index in [1.807, 2.05) is 6.07 Å². The highest BCUT2D eigenvalue weighted by Gasteiger charge is 2.35. The lowest BCUT2D eigenvalue weighted by atomic mass is 9.71. The second-order valence-electron chi connectivity index (χ2n) is 6.15. The van der Waals surface area contributed by atoms with E-state index in [-0.39, 0.29) is 30.2 Å². The van der Waals surface area contributed by atoms with Gasteiger partial charge in [-0.3, -0.25) is 4.79 Å². The van der Waals surface area contributed by atoms with Crippen LogP contribution in [-0.4, -0.2) is 12.0 Å². The normalized spacial score (nSPS) is 24.0. The van der Waals surface area contributed by atoms with Crippen LogP contribution >= 0.6 is 0 Å². The third-order valence-electron chi connectivity index (χ3n) is 4.72. The van der Waals surface area contributed by atoms with Crippen molar-refractivity contribution in [1.29, 1.82) is 0 Å². The van der Waals surface area contributed by atoms with Gasteiger partial charge in [0.2, 0.25) is 0 Å². The van der Waals surface area contributed by atoms with E-state index < -0.39 is 0 Å². The van der Waals surface area contributed by atoms with E-state index in [9.17, 15) is 9.18 Å². The van der Waals surface area contributed by atoms with Crippen molar-refractivity contribution in [2.45, 2.75) is 64.8 Å². The molecule has 0 fully saturated rings. The minimum atomic E-state index is -0.349. The summed E-state index contributed by atoms with van der Waals surface area (Å²) in [7, 11) is 0. The lowest BCUT2D eigenvalue weighted by Crippen LogP contribution is -2.41. The Kier molecular flexibility index (Phi) is 5.57. The second-order valence-corrected chi connectivity index (χ2v) is 6.15. The number of esters is 1. The van der Waals surface area contributed by atoms with Crippen LogP contribution in [0.5, 0.6) is 5.75 Å². The molecule has 0 aromatic heterocycles. The Balaban J connectivity index is 2.43. The standard InChI is InChI=1S/C18H26FNO2/c1-4-7-13-14-9-12(22-17(21)6-3)10-16(19)15(14)8-11(5-2)18(13)20/h9-11,13,18H,4-8,20H2,1-3H3. The molecular weight excluding hydrogens is 281 g/mol. The van der Waals surface area contributed by atoms with Crippen LogP contribution in [0.25, 0.3) is 0 Å². The van der Waals surface area contributed by atoms with Gasteiger partial charge >= 0.3 is 5.97 Å². The van der Waals surface area contributed by atoms with E-state index in [0.717, 1.165) is 30.4 Å². The van der Waals surface area contributed by atoms with Gasteiger partial charge < -0.3 is 10.5 Å². The van der Waals surface area contributed by atoms with Gasteiger partial charge in [-0.25, -0.2) is 4.39 Å². The number of hydrogen-bond donors (Lipinski definition) is 1. The summed E-state index contributed by atoms with van der Waals surface area (Å²) in [5.74, 6) is 0.114. The van der Waals surface area contributed by atoms with Gasteiger partial charge in [0.15, 0.2) is 0 Å². The highest BCUT2D eigenvalue weighted by Crippen LogP contribution is 2.41. The molecule has 1 aromatic carbocycles. The number of rotatable bonds is 5. The van der Waals surface area contributed by atoms with E-state index in [1.165, 1.54) is 6.07 Å². The molecule has 0 saturated carbocycles. The van der Waals surface area contributed by atoms with Crippen LogP contribution in [0.2, 0.25) is 0 Å². The van der Waals surface area contributed by atoms with Crippen LogP contribution < -0.4 is 10.5 Å². The van der Waals surface area contributed by atoms with Crippen LogP contribution in [0.3, 0.4) is 0 Å². The molecule has 0 heterocycles. The molecule has 0 bridgehead atoms. The Morgan fingerprint density at radius 3 is 2.68 bits per heavy atom. The molecule has 0 amide bonds. The average molecular weight is 307 g/mol. The number of carbonyl (C=O) groups excluding carboxylic acids is 1. The third kappa shape index (κ3) is 3.32. The van der Waals surface area contributed by atoms with Gasteiger partial charge in [-0.1, -0.05) is 33.6 Å². The van der Waals surface area contributed by atoms with Gasteiger partial charge in [-0.2, -0.15) is 0 Å². The Hall–Kier alpha value is -1.42. The average Bonchev–Trinajstić information content (AvgIpc) is 2.50. The van der Waals surface area contributed by atoms with Crippen molar-refractivity contribution in [3.05, 3.63) is 29.1 Å². The first-order chi connectivity index (χ1) is 10.5. The summed E-state index contributed by atoms with van der Waals surface area (Å²) in [6.07, 6.45) is 3.81. The highest BCUT2D eigenvalue weighted by atomic mass is 19.1. The van der Waals surface area contributed by atoms with Crippen molar-refractivity contribution >= 4 is 5.97 Å². The molecule has 0 spiro atoms. The zero-order valence-corrected chi connectivity index (χ0v) is 13.7. The van der Waals surface area contributed by atoms with E-state index in [2.05, 4.69) is 13.8 Å². The Labute approximate surface area is 132 Å². The summed E-state index contributed by atoms with van der Waals surface area (Å²) < 4.78 is 19.7. The SMILES string of the molecule is CCCC1c2cc(OC(=O)CC)cc(F)c2CC(CC)C1N. The third-order valence-corrected chi connectivity index (χ3v) is 4.72. The Morgan fingerprint density at radius 2 is 2.09 bits per heavy atom. The molecule has 4 heteroatoms. The van der Waals surface area contributed by atoms with Crippen molar-refractivity contribution in [3.63, 3.8) is 0 Å². The van der Waals surface area contributed by atoms with Crippen molar-refractivity contribution < 1.29 is 13.9 Å². The second kappa shape index (κ2) is 7.23. The molecule has 22 heavy (non-hydrogen) atoms. The first-order valence-corrected chi connectivity index (χ1v) is 8.30. The minimum Gasteiger partial charge on any atom is -0.426 e. The van der Waals surface area contributed by atoms with Gasteiger partial charge in [-0.05, 0) is 41.9 Å². The van der Waals surface area contributed by atoms with Crippen molar-refractivity contribution in [1.82, 2.24) is 0 Å². The van der Waals surface area contributed by atoms with Gasteiger partial charge in [0.05, 0.1) is 0 Å². The maximum atomic E-state index is 14.5. The number of nitrogens with two attached hydrogens (primary N) is 1. The van der Waals surface area contributed by atoms with Crippen LogP contribution in [0.1, 0.15) is 63.5 Å². The van der Waals surface area contributed by atoms with Gasteiger partial charge in [-0.15, -0.1) is 0 Å². The quantitative estimate of drug-likeness (QED) is 0.662. The molecule has 2 rings (SSSR count). The molecule has 1 aliphatic carbocycles. The molecular formula is C18H26FNO2. The van der Waals surface area contributed by atoms with Gasteiger partial charge in [0.1, 0.15) is 11.6 Å². The molecule has 122 valence electrons. The molecule has 0 radical (unpaired) electrons. The lowest BCUT2D eigenvalue weighted by Gasteiger charge is -2.37. The minimum absolute atomic E-state index is 0.0361. The zero-order chi connectivity index (χ0) is 16.3. The topological polar surface area (TPSA) is 52.3 Å². The Bertz CT molecular complexity index is 544. The van der Waals surface area contributed by atoms with Crippen LogP contribution in [-0.2, 0) is 11.2 Å². The zero-order valence-electron chi connectivity index (χ0n) is 13.7. The summed E-state index contributed by atoms with van der Waals surface area (Å²) in [6.45, 7) is 5.94. The highest BCUT2D eigenvalue weighted by molar-refractivity contribution is 5.72. The summed E-state index contributed by atoms with van der Waals surface area (Å²) in [4.78, 5) is 11.5. The molecule has 3 atom stereocenters. The molecule has 0 saturated heterocycles. The van der Waals surface area contributed by atoms with Crippen LogP contribution in [0.15, 0.2) is 12.1 Å². The molecule has 3 nitrogen and oxygen atoms in total. The summed E-state index contributed by atoms with van der Waals surface area (Å²) in [5, 5.41) is 0. The van der Waals surface area contributed by atoms with E-state index in [4.69, 9.17) is 10.5 Å². The maximum absolute atomic E-state index is 14.5. The van der Waals surface area contributed by atoms with E-state index in [1.54, 1.807) is 6.92 Å². The lowest BCUT2D eigenvalue weighted by molar-refractivity contribution is -0.134. The molecule has 3 unspecified atom stereocenters. The maximum Gasteiger partial charge on any atom is 0.310 e. The van der Waals surface area contributed by atoms with Crippen molar-refractivity contribution in [2.75, 3.05) is 0 Å². The monoisotopic (exact) mass is 307 g/mol. The van der Waals surface area contributed by atoms with Crippen molar-refractivity contribution in [3.8, 4) is 5.75 Å². The molecule has 1 aliphatic rings. The van der Waals surface area contributed by atoms with E-state index in [0.29, 0.717) is 18.1 Å². The summed E-state index contributed by atoms with van der Waals surface area (Å²) >= 11 is 0. The Morgan fingerprint density at radius 1 is 1.36 bits per heavy atom. The summed E-state index contributed by atoms with van der Waals surface area (Å²) in [6, 6.07) is 3.19. The van der Waals surface area contributed by atoms with Crippen LogP contribution in [0.4, 0.5) is 4.39 Å². The number of carbonyl (C=O) groups is 1. The van der Waals surface area contributed by atoms with Gasteiger partial charge in [0, 0.05) is 18.5 Å². The number of fused-ring (bicyclic) bond motifs is 1. The van der Waals surface area contributed by atoms with E-state index >= 15 is 0 Å². The van der Waals surface area contributed by atoms with Gasteiger partial charge in [0.25, 0.3) is 0 Å². The summed E-state index contributed by atoms with van der Waals surface area (Å²) in [5.41, 5.74) is 8.11. The fourth-order valence-corrected chi connectivity index (χ4v) is 3.45. The first-order valence-electron chi connectivity index (χ1n) is 8.30. The molecule has 1 aromatic rings. The first kappa shape index (κ1) is 16.9. The largest absolute Gasteiger partial charge is 0.426 e. The fourth-order valence-electron chi connectivity index (χ4n) is 3.45. The number of halogens is 1. The predicted octanol–water partition coefficient (Wildman–Crippen LogP) is 3.93. The number of hydrogen-bond acceptors (Lipinski definition) is 3. The number of benzene rings is 1. The number of ether oxygens (including phenoxy) is 1. The smallest absolute Gasteiger partial charge is 0.310 e. The van der Waals surface area contributed by atoms with Crippen molar-refractivity contribution in [2.24, 2.45) is 11.7 Å². The predicted molar refractivity (Wildman–Crippen MR) is 85.4 cm³/mol. The molecule has 0 aliphatic heterocycles. The molecule has 2 N–H and O–H groups in total. The fraction of sp³-hybridized carbons (Fsp3) is 0.611.